The second-order valence-electron chi connectivity index (χ2n) is 9.82. The SMILES string of the molecule is CCCCCCCCCCCCCCCCC(CCOC1OC(CN=O)C(O)C(O)C1N)OC. The van der Waals surface area contributed by atoms with Crippen LogP contribution in [0.15, 0.2) is 5.18 Å². The highest BCUT2D eigenvalue weighted by Gasteiger charge is 2.43. The first-order chi connectivity index (χ1) is 16.5. The standard InChI is InChI=1S/C26H52N2O6/c1-3-4-5-6-7-8-9-10-11-12-13-14-15-16-17-21(32-2)18-19-33-26-23(27)25(30)24(29)22(34-26)20-28-31/h21-26,29-30H,3-20,27H2,1-2H3. The first-order valence-electron chi connectivity index (χ1n) is 13.8. The number of nitroso groups, excluding NO2 is 1. The lowest BCUT2D eigenvalue weighted by atomic mass is 9.97. The van der Waals surface area contributed by atoms with E-state index in [2.05, 4.69) is 12.1 Å². The van der Waals surface area contributed by atoms with Crippen molar-refractivity contribution < 1.29 is 24.4 Å². The van der Waals surface area contributed by atoms with Crippen molar-refractivity contribution in [3.8, 4) is 0 Å². The van der Waals surface area contributed by atoms with Crippen molar-refractivity contribution in [2.24, 2.45) is 10.9 Å². The van der Waals surface area contributed by atoms with E-state index in [1.807, 2.05) is 0 Å². The molecule has 0 aromatic rings. The Hall–Kier alpha value is -0.640. The summed E-state index contributed by atoms with van der Waals surface area (Å²) < 4.78 is 16.8. The van der Waals surface area contributed by atoms with E-state index in [-0.39, 0.29) is 12.6 Å². The lowest BCUT2D eigenvalue weighted by Gasteiger charge is -2.40. The zero-order chi connectivity index (χ0) is 25.0. The minimum atomic E-state index is -1.25. The summed E-state index contributed by atoms with van der Waals surface area (Å²) in [5, 5.41) is 22.7. The van der Waals surface area contributed by atoms with Gasteiger partial charge in [-0.25, -0.2) is 0 Å². The maximum absolute atomic E-state index is 10.5. The van der Waals surface area contributed by atoms with Gasteiger partial charge in [0, 0.05) is 7.11 Å². The Bertz CT molecular complexity index is 484. The van der Waals surface area contributed by atoms with Crippen molar-refractivity contribution in [3.05, 3.63) is 4.91 Å². The van der Waals surface area contributed by atoms with Gasteiger partial charge in [-0.05, 0) is 12.8 Å². The van der Waals surface area contributed by atoms with Crippen molar-refractivity contribution >= 4 is 0 Å². The zero-order valence-electron chi connectivity index (χ0n) is 21.7. The van der Waals surface area contributed by atoms with Gasteiger partial charge in [-0.2, -0.15) is 4.91 Å². The van der Waals surface area contributed by atoms with E-state index in [9.17, 15) is 15.1 Å². The number of ether oxygens (including phenoxy) is 3. The fourth-order valence-electron chi connectivity index (χ4n) is 4.59. The molecule has 0 aliphatic carbocycles. The average molecular weight is 489 g/mol. The van der Waals surface area contributed by atoms with E-state index < -0.39 is 30.6 Å². The van der Waals surface area contributed by atoms with Crippen molar-refractivity contribution in [3.63, 3.8) is 0 Å². The number of aliphatic hydroxyl groups excluding tert-OH is 2. The van der Waals surface area contributed by atoms with Gasteiger partial charge in [0.25, 0.3) is 0 Å². The van der Waals surface area contributed by atoms with Crippen molar-refractivity contribution in [2.75, 3.05) is 20.3 Å². The highest BCUT2D eigenvalue weighted by molar-refractivity contribution is 4.92. The summed E-state index contributed by atoms with van der Waals surface area (Å²) in [5.41, 5.74) is 5.91. The van der Waals surface area contributed by atoms with Gasteiger partial charge in [-0.1, -0.05) is 102 Å². The molecule has 202 valence electrons. The minimum Gasteiger partial charge on any atom is -0.388 e. The number of rotatable bonds is 22. The molecule has 1 aliphatic heterocycles. The summed E-state index contributed by atoms with van der Waals surface area (Å²) in [7, 11) is 1.71. The molecule has 8 heteroatoms. The third-order valence-corrected chi connectivity index (χ3v) is 6.94. The molecule has 0 amide bonds. The number of nitrogens with two attached hydrogens (primary N) is 1. The lowest BCUT2D eigenvalue weighted by molar-refractivity contribution is -0.258. The summed E-state index contributed by atoms with van der Waals surface area (Å²) in [6.45, 7) is 2.37. The van der Waals surface area contributed by atoms with Crippen LogP contribution in [0.4, 0.5) is 0 Å². The molecule has 4 N–H and O–H groups in total. The number of methoxy groups -OCH3 is 1. The number of nitrogens with zero attached hydrogens (tertiary/aromatic N) is 1. The molecule has 8 nitrogen and oxygen atoms in total. The molecule has 1 saturated heterocycles. The van der Waals surface area contributed by atoms with Crippen LogP contribution < -0.4 is 5.73 Å². The lowest BCUT2D eigenvalue weighted by Crippen LogP contribution is -2.62. The Kier molecular flexibility index (Phi) is 19.0. The Morgan fingerprint density at radius 2 is 1.38 bits per heavy atom. The van der Waals surface area contributed by atoms with Crippen LogP contribution >= 0.6 is 0 Å². The predicted octanol–water partition coefficient (Wildman–Crippen LogP) is 4.82. The highest BCUT2D eigenvalue weighted by Crippen LogP contribution is 2.22. The van der Waals surface area contributed by atoms with Crippen LogP contribution in [0.2, 0.25) is 0 Å². The molecule has 1 heterocycles. The molecule has 1 aliphatic rings. The van der Waals surface area contributed by atoms with Gasteiger partial charge in [0.15, 0.2) is 6.29 Å². The molecule has 0 radical (unpaired) electrons. The van der Waals surface area contributed by atoms with Crippen LogP contribution in [0.5, 0.6) is 0 Å². The molecule has 0 aromatic carbocycles. The molecule has 1 fully saturated rings. The van der Waals surface area contributed by atoms with Gasteiger partial charge in [0.1, 0.15) is 24.9 Å². The molecule has 1 rings (SSSR count). The largest absolute Gasteiger partial charge is 0.388 e. The predicted molar refractivity (Wildman–Crippen MR) is 136 cm³/mol. The van der Waals surface area contributed by atoms with Gasteiger partial charge in [0.2, 0.25) is 0 Å². The molecule has 0 spiro atoms. The summed E-state index contributed by atoms with van der Waals surface area (Å²) in [5.74, 6) is 0. The zero-order valence-corrected chi connectivity index (χ0v) is 21.7. The molecule has 6 unspecified atom stereocenters. The normalized spacial score (nSPS) is 26.0. The average Bonchev–Trinajstić information content (AvgIpc) is 2.84. The molecular weight excluding hydrogens is 436 g/mol. The highest BCUT2D eigenvalue weighted by atomic mass is 16.7. The summed E-state index contributed by atoms with van der Waals surface area (Å²) in [4.78, 5) is 10.5. The minimum absolute atomic E-state index is 0.0973. The number of hydrogen-bond donors (Lipinski definition) is 3. The smallest absolute Gasteiger partial charge is 0.175 e. The summed E-state index contributed by atoms with van der Waals surface area (Å²) in [6, 6.07) is -0.885. The van der Waals surface area contributed by atoms with Gasteiger partial charge in [0.05, 0.1) is 18.8 Å². The summed E-state index contributed by atoms with van der Waals surface area (Å²) in [6.07, 6.45) is 16.3. The van der Waals surface area contributed by atoms with Crippen LogP contribution in [0.25, 0.3) is 0 Å². The molecule has 0 aromatic heterocycles. The second kappa shape index (κ2) is 20.5. The van der Waals surface area contributed by atoms with Crippen molar-refractivity contribution in [2.45, 2.75) is 146 Å². The van der Waals surface area contributed by atoms with E-state index in [1.165, 1.54) is 83.5 Å². The third-order valence-electron chi connectivity index (χ3n) is 6.94. The van der Waals surface area contributed by atoms with E-state index >= 15 is 0 Å². The molecular formula is C26H52N2O6. The van der Waals surface area contributed by atoms with Gasteiger partial charge < -0.3 is 30.2 Å². The third kappa shape index (κ3) is 13.4. The quantitative estimate of drug-likeness (QED) is 0.147. The Balaban J connectivity index is 2.03. The first-order valence-corrected chi connectivity index (χ1v) is 13.8. The Morgan fingerprint density at radius 3 is 1.88 bits per heavy atom. The van der Waals surface area contributed by atoms with E-state index in [4.69, 9.17) is 19.9 Å². The van der Waals surface area contributed by atoms with E-state index in [0.717, 1.165) is 12.8 Å². The van der Waals surface area contributed by atoms with Gasteiger partial charge >= 0.3 is 0 Å². The Morgan fingerprint density at radius 1 is 0.853 bits per heavy atom. The fraction of sp³-hybridized carbons (Fsp3) is 1.00. The van der Waals surface area contributed by atoms with Crippen LogP contribution in [0.1, 0.15) is 110 Å². The van der Waals surface area contributed by atoms with Crippen molar-refractivity contribution in [1.82, 2.24) is 0 Å². The maximum Gasteiger partial charge on any atom is 0.175 e. The monoisotopic (exact) mass is 488 g/mol. The first kappa shape index (κ1) is 31.4. The van der Waals surface area contributed by atoms with Crippen molar-refractivity contribution in [1.29, 1.82) is 0 Å². The Labute approximate surface area is 207 Å². The second-order valence-corrected chi connectivity index (χ2v) is 9.82. The van der Waals surface area contributed by atoms with Crippen LogP contribution in [-0.4, -0.2) is 67.2 Å². The van der Waals surface area contributed by atoms with E-state index in [1.54, 1.807) is 7.11 Å². The number of unbranched alkanes of at least 4 members (excludes halogenated alkanes) is 13. The van der Waals surface area contributed by atoms with Crippen LogP contribution in [0, 0.1) is 4.91 Å². The molecule has 0 bridgehead atoms. The molecule has 34 heavy (non-hydrogen) atoms. The topological polar surface area (TPSA) is 124 Å². The van der Waals surface area contributed by atoms with Gasteiger partial charge in [-0.3, -0.25) is 0 Å². The molecule has 0 saturated carbocycles. The number of aliphatic hydroxyl groups is 2. The van der Waals surface area contributed by atoms with Crippen LogP contribution in [0.3, 0.4) is 0 Å². The summed E-state index contributed by atoms with van der Waals surface area (Å²) >= 11 is 0. The van der Waals surface area contributed by atoms with Crippen LogP contribution in [-0.2, 0) is 14.2 Å². The maximum atomic E-state index is 10.5. The van der Waals surface area contributed by atoms with Gasteiger partial charge in [-0.15, -0.1) is 0 Å². The molecule has 6 atom stereocenters. The number of hydrogen-bond acceptors (Lipinski definition) is 8. The fourth-order valence-corrected chi connectivity index (χ4v) is 4.59. The van der Waals surface area contributed by atoms with E-state index in [0.29, 0.717) is 13.0 Å².